The van der Waals surface area contributed by atoms with Gasteiger partial charge in [-0.15, -0.1) is 0 Å². The van der Waals surface area contributed by atoms with Crippen LogP contribution in [-0.4, -0.2) is 84.1 Å². The van der Waals surface area contributed by atoms with Gasteiger partial charge in [-0.25, -0.2) is 9.97 Å². The molecule has 0 unspecified atom stereocenters. The third-order valence-electron chi connectivity index (χ3n) is 14.1. The number of carboxylic acids is 1. The number of nitrogens with two attached hydrogens (primary N) is 1. The van der Waals surface area contributed by atoms with E-state index >= 15 is 0 Å². The Hall–Kier alpha value is -7.98. The van der Waals surface area contributed by atoms with Crippen LogP contribution in [0.2, 0.25) is 0 Å². The number of piperidine rings is 2. The zero-order valence-electron chi connectivity index (χ0n) is 44.3. The molecule has 6 aromatic carbocycles. The van der Waals surface area contributed by atoms with Crippen LogP contribution in [0.3, 0.4) is 0 Å². The summed E-state index contributed by atoms with van der Waals surface area (Å²) in [5.41, 5.74) is 11.7. The van der Waals surface area contributed by atoms with E-state index in [1.165, 1.54) is 32.7 Å². The molecular weight excluding hydrogens is 977 g/mol. The van der Waals surface area contributed by atoms with Crippen LogP contribution >= 0.6 is 0 Å². The van der Waals surface area contributed by atoms with Gasteiger partial charge in [-0.05, 0) is 119 Å². The molecule has 78 heavy (non-hydrogen) atoms. The van der Waals surface area contributed by atoms with Crippen molar-refractivity contribution in [2.24, 2.45) is 5.73 Å². The quantitative estimate of drug-likeness (QED) is 0.0581. The number of aromatic nitrogens is 4. The van der Waals surface area contributed by atoms with Crippen LogP contribution in [0.1, 0.15) is 94.9 Å². The fraction of sp³-hybridized carbons (Fsp3) is 0.333. The summed E-state index contributed by atoms with van der Waals surface area (Å²) in [7, 11) is 0. The van der Waals surface area contributed by atoms with Gasteiger partial charge in [0.1, 0.15) is 0 Å². The van der Waals surface area contributed by atoms with Crippen LogP contribution in [0.15, 0.2) is 168 Å². The maximum absolute atomic E-state index is 13.2. The maximum atomic E-state index is 13.2. The lowest BCUT2D eigenvalue weighted by atomic mass is 10.0. The predicted octanol–water partition coefficient (Wildman–Crippen LogP) is 10.3. The van der Waals surface area contributed by atoms with Gasteiger partial charge in [0.15, 0.2) is 11.6 Å². The van der Waals surface area contributed by atoms with E-state index in [1.807, 2.05) is 62.4 Å². The van der Waals surface area contributed by atoms with Crippen molar-refractivity contribution in [1.29, 1.82) is 0 Å². The Morgan fingerprint density at radius 1 is 0.564 bits per heavy atom. The minimum absolute atomic E-state index is 0. The third-order valence-corrected chi connectivity index (χ3v) is 14.1. The van der Waals surface area contributed by atoms with Gasteiger partial charge in [-0.1, -0.05) is 118 Å². The third kappa shape index (κ3) is 16.3. The summed E-state index contributed by atoms with van der Waals surface area (Å²) in [6, 6.07) is 46.2. The van der Waals surface area contributed by atoms with E-state index in [4.69, 9.17) is 10.8 Å². The number of rotatable bonds is 17. The maximum Gasteiger partial charge on any atom is 0.303 e. The lowest BCUT2D eigenvalue weighted by molar-refractivity contribution is -0.137. The fourth-order valence-corrected chi connectivity index (χ4v) is 9.77. The molecule has 0 bridgehead atoms. The number of aliphatic carboxylic acids is 1. The molecular formula is C63H76N10O5. The van der Waals surface area contributed by atoms with E-state index in [0.717, 1.165) is 100 Å². The number of likely N-dealkylation sites (tertiary alicyclic amines) is 2. The lowest BCUT2D eigenvalue weighted by Crippen LogP contribution is -2.40. The fourth-order valence-electron chi connectivity index (χ4n) is 9.77. The highest BCUT2D eigenvalue weighted by Gasteiger charge is 2.23. The molecule has 0 saturated carbocycles. The molecule has 0 spiro atoms. The number of carbonyl (C=O) groups excluding carboxylic acids is 1. The molecule has 1 amide bonds. The molecule has 10 rings (SSSR count). The first kappa shape index (κ1) is 57.7. The number of hydrogen-bond donors (Lipinski definition) is 5. The number of nitrogens with zero attached hydrogens (tertiary/aromatic N) is 6. The first-order chi connectivity index (χ1) is 37.5. The van der Waals surface area contributed by atoms with Crippen molar-refractivity contribution in [3.8, 4) is 11.4 Å². The number of hydrogen-bond acceptors (Lipinski definition) is 11. The van der Waals surface area contributed by atoms with E-state index < -0.39 is 5.97 Å². The molecule has 2 aliphatic rings. The first-order valence-corrected chi connectivity index (χ1v) is 27.0. The molecule has 2 aromatic heterocycles. The van der Waals surface area contributed by atoms with Crippen LogP contribution in [0.4, 0.5) is 11.6 Å². The van der Waals surface area contributed by atoms with E-state index in [2.05, 4.69) is 121 Å². The highest BCUT2D eigenvalue weighted by atomic mass is 16.4. The minimum Gasteiger partial charge on any atom is -0.481 e. The molecule has 2 fully saturated rings. The molecule has 8 aromatic rings. The average Bonchev–Trinajstić information content (AvgIpc) is 3.46. The van der Waals surface area contributed by atoms with Gasteiger partial charge in [0, 0.05) is 113 Å². The summed E-state index contributed by atoms with van der Waals surface area (Å²) in [5, 5.41) is 22.8. The highest BCUT2D eigenvalue weighted by Crippen LogP contribution is 2.22. The largest absolute Gasteiger partial charge is 0.481 e. The minimum atomic E-state index is -0.711. The molecule has 0 aliphatic carbocycles. The molecule has 15 heteroatoms. The molecule has 4 heterocycles. The molecule has 2 saturated heterocycles. The molecule has 0 radical (unpaired) electrons. The van der Waals surface area contributed by atoms with Crippen molar-refractivity contribution >= 4 is 45.1 Å². The second-order valence-corrected chi connectivity index (χ2v) is 19.9. The number of benzene rings is 6. The van der Waals surface area contributed by atoms with Crippen LogP contribution < -0.4 is 32.8 Å². The highest BCUT2D eigenvalue weighted by molar-refractivity contribution is 5.83. The van der Waals surface area contributed by atoms with Crippen LogP contribution in [-0.2, 0) is 35.8 Å². The van der Waals surface area contributed by atoms with Gasteiger partial charge in [-0.2, -0.15) is 0 Å². The van der Waals surface area contributed by atoms with E-state index in [9.17, 15) is 19.2 Å². The van der Waals surface area contributed by atoms with Crippen molar-refractivity contribution in [2.75, 3.05) is 36.8 Å². The predicted molar refractivity (Wildman–Crippen MR) is 315 cm³/mol. The smallest absolute Gasteiger partial charge is 0.303 e. The Morgan fingerprint density at radius 3 is 1.37 bits per heavy atom. The SMILES string of the molecule is C.CCCC(=O)NCc1ccc(-n2ccnc(NC3CCN(Cc4ccc5ccccc5c4)CC3)c2=O)cc1.CCCC(=O)O.NCc1ccc(-n2ccnc(NC3CCN(Cc4ccc5ccccc5c4)CC3)c2=O)cc1. The Labute approximate surface area is 458 Å². The summed E-state index contributed by atoms with van der Waals surface area (Å²) in [5.74, 6) is 0.138. The monoisotopic (exact) mass is 1050 g/mol. The second-order valence-electron chi connectivity index (χ2n) is 19.9. The van der Waals surface area contributed by atoms with Crippen LogP contribution in [0, 0.1) is 0 Å². The van der Waals surface area contributed by atoms with Gasteiger partial charge >= 0.3 is 5.97 Å². The van der Waals surface area contributed by atoms with E-state index in [-0.39, 0.29) is 36.5 Å². The number of amides is 1. The molecule has 15 nitrogen and oxygen atoms in total. The first-order valence-electron chi connectivity index (χ1n) is 27.0. The number of fused-ring (bicyclic) bond motifs is 2. The normalized spacial score (nSPS) is 14.0. The lowest BCUT2D eigenvalue weighted by Gasteiger charge is -2.32. The average molecular weight is 1050 g/mol. The summed E-state index contributed by atoms with van der Waals surface area (Å²) in [6.07, 6.45) is 13.0. The van der Waals surface area contributed by atoms with Crippen molar-refractivity contribution in [2.45, 2.75) is 111 Å². The number of carboxylic acid groups (broad SMARTS) is 1. The summed E-state index contributed by atoms with van der Waals surface area (Å²) < 4.78 is 3.24. The standard InChI is InChI=1S/C31H35N5O2.C27H29N5O.C4H8O2.CH4/c1-2-5-29(37)33-21-23-9-12-28(13-10-23)36-19-16-32-30(31(36)38)34-27-14-17-35(18-15-27)22-24-8-11-25-6-3-4-7-26(25)20-24;28-18-20-6-9-25(10-7-20)32-16-13-29-26(27(32)33)30-24-11-14-31(15-12-24)19-21-5-8-22-3-1-2-4-23(22)17-21;1-2-3-4(5)6;/h3-4,6-13,16,19-20,27H,2,5,14-15,17-18,21-22H2,1H3,(H,32,34)(H,33,37);1-10,13,16-17,24H,11-12,14-15,18-19,28H2,(H,29,30);2-3H2,1H3,(H,5,6);1H4. The Kier molecular flexibility index (Phi) is 21.4. The number of nitrogens with one attached hydrogen (secondary N) is 3. The molecule has 408 valence electrons. The molecule has 2 aliphatic heterocycles. The summed E-state index contributed by atoms with van der Waals surface area (Å²) in [6.45, 7) is 10.6. The van der Waals surface area contributed by atoms with Gasteiger partial charge in [0.2, 0.25) is 5.91 Å². The van der Waals surface area contributed by atoms with Crippen LogP contribution in [0.25, 0.3) is 32.9 Å². The van der Waals surface area contributed by atoms with E-state index in [1.54, 1.807) is 33.9 Å². The summed E-state index contributed by atoms with van der Waals surface area (Å²) >= 11 is 0. The van der Waals surface area contributed by atoms with Crippen molar-refractivity contribution < 1.29 is 14.7 Å². The van der Waals surface area contributed by atoms with Crippen molar-refractivity contribution in [3.63, 3.8) is 0 Å². The Bertz CT molecular complexity index is 3310. The number of anilines is 2. The Balaban J connectivity index is 0.000000204. The molecule has 0 atom stereocenters. The van der Waals surface area contributed by atoms with Crippen LogP contribution in [0.5, 0.6) is 0 Å². The topological polar surface area (TPSA) is 193 Å². The van der Waals surface area contributed by atoms with Crippen molar-refractivity contribution in [1.82, 2.24) is 34.2 Å². The zero-order chi connectivity index (χ0) is 53.9. The van der Waals surface area contributed by atoms with E-state index in [0.29, 0.717) is 37.6 Å². The second kappa shape index (κ2) is 29.0. The molecule has 6 N–H and O–H groups in total. The van der Waals surface area contributed by atoms with Gasteiger partial charge < -0.3 is 26.8 Å². The van der Waals surface area contributed by atoms with Crippen molar-refractivity contribution in [3.05, 3.63) is 201 Å². The van der Waals surface area contributed by atoms with Gasteiger partial charge in [-0.3, -0.25) is 38.1 Å². The summed E-state index contributed by atoms with van der Waals surface area (Å²) in [4.78, 5) is 61.2. The van der Waals surface area contributed by atoms with Gasteiger partial charge in [0.25, 0.3) is 11.1 Å². The Morgan fingerprint density at radius 2 is 0.974 bits per heavy atom. The zero-order valence-corrected chi connectivity index (χ0v) is 44.3. The number of carbonyl (C=O) groups is 2. The van der Waals surface area contributed by atoms with Gasteiger partial charge in [0.05, 0.1) is 0 Å².